The number of hydrogen-bond acceptors (Lipinski definition) is 14. The number of Topliss-reactive ketones (excluding diaryl/α,β-unsaturated/α-hetero) is 1. The summed E-state index contributed by atoms with van der Waals surface area (Å²) in [5.74, 6) is -6.13. The van der Waals surface area contributed by atoms with Crippen LogP contribution in [-0.2, 0) is 54.7 Å². The molecule has 2 aromatic carbocycles. The number of aryl methyl sites for hydroxylation is 1. The molecule has 0 spiro atoms. The molecule has 1 aliphatic heterocycles. The van der Waals surface area contributed by atoms with Gasteiger partial charge in [0, 0.05) is 50.7 Å². The summed E-state index contributed by atoms with van der Waals surface area (Å²) in [7, 11) is 1.70. The molecule has 1 aromatic heterocycles. The van der Waals surface area contributed by atoms with Crippen LogP contribution in [0.4, 0.5) is 0 Å². The molecule has 0 radical (unpaired) electrons. The number of aliphatic hydroxyl groups is 2. The van der Waals surface area contributed by atoms with E-state index in [9.17, 15) is 29.4 Å². The van der Waals surface area contributed by atoms with E-state index >= 15 is 9.59 Å². The number of aromatic nitrogens is 1. The molecular weight excluding hydrogens is 829 g/mol. The molecule has 16 heteroatoms. The molecule has 1 amide bonds. The normalized spacial score (nSPS) is 31.2. The minimum absolute atomic E-state index is 0.0423. The van der Waals surface area contributed by atoms with Crippen molar-refractivity contribution in [3.63, 3.8) is 0 Å². The van der Waals surface area contributed by atoms with Gasteiger partial charge in [0.25, 0.3) is 5.91 Å². The minimum Gasteiger partial charge on any atom is -0.459 e. The zero-order valence-corrected chi connectivity index (χ0v) is 37.1. The molecule has 340 valence electrons. The van der Waals surface area contributed by atoms with Gasteiger partial charge >= 0.3 is 29.8 Å². The summed E-state index contributed by atoms with van der Waals surface area (Å²) in [5.41, 5.74) is -6.61. The quantitative estimate of drug-likeness (QED) is 0.109. The van der Waals surface area contributed by atoms with Crippen molar-refractivity contribution in [3.8, 4) is 5.88 Å². The summed E-state index contributed by atoms with van der Waals surface area (Å²) in [6.45, 7) is 9.27. The fourth-order valence-corrected chi connectivity index (χ4v) is 10.5. The lowest BCUT2D eigenvalue weighted by Crippen LogP contribution is -2.82. The number of amides is 1. The average molecular weight is 884 g/mol. The molecule has 4 aliphatic rings. The number of pyridine rings is 1. The highest BCUT2D eigenvalue weighted by molar-refractivity contribution is 5.96. The Balaban J connectivity index is 1.41. The second-order valence-electron chi connectivity index (χ2n) is 17.9. The summed E-state index contributed by atoms with van der Waals surface area (Å²) in [6.07, 6.45) is -8.05. The first-order chi connectivity index (χ1) is 30.2. The monoisotopic (exact) mass is 883 g/mol. The molecule has 3 aromatic rings. The van der Waals surface area contributed by atoms with E-state index in [1.165, 1.54) is 6.92 Å². The molecule has 2 bridgehead atoms. The van der Waals surface area contributed by atoms with Crippen LogP contribution in [0.25, 0.3) is 0 Å². The first-order valence-electron chi connectivity index (χ1n) is 21.2. The Kier molecular flexibility index (Phi) is 12.4. The SMILES string of the molecule is CC(=O)O[C@H]1C(=O)[C@@]2(C)[C@H]([C@H](OC(C)=O)[C@]3(O)C[C@H](OC(=O)[C@H](Oc4cccc[n+]4C)[C@@H](NC(=O)c4ccccc4)c4ccccc4)C(C)=C1C3(C)C)[C@]1(OC(C)=O)CO[C@@H]1C[C@@H]2O. The van der Waals surface area contributed by atoms with Crippen LogP contribution in [0.15, 0.2) is 96.2 Å². The van der Waals surface area contributed by atoms with E-state index in [1.54, 1.807) is 117 Å². The third-order valence-corrected chi connectivity index (χ3v) is 13.8. The third-order valence-electron chi connectivity index (χ3n) is 13.8. The Bertz CT molecular complexity index is 2370. The summed E-state index contributed by atoms with van der Waals surface area (Å²) in [4.78, 5) is 83.8. The van der Waals surface area contributed by atoms with Crippen LogP contribution in [0.5, 0.6) is 5.88 Å². The Morgan fingerprint density at radius 3 is 2.06 bits per heavy atom. The summed E-state index contributed by atoms with van der Waals surface area (Å²) < 4.78 is 38.5. The highest BCUT2D eigenvalue weighted by Crippen LogP contribution is 2.64. The van der Waals surface area contributed by atoms with Gasteiger partial charge in [-0.15, -0.1) is 0 Å². The van der Waals surface area contributed by atoms with Gasteiger partial charge in [-0.05, 0) is 48.8 Å². The first-order valence-corrected chi connectivity index (χ1v) is 21.2. The van der Waals surface area contributed by atoms with Gasteiger partial charge in [-0.1, -0.05) is 62.4 Å². The standard InChI is InChI=1S/C48H54N2O14/c1-26-32(62-44(57)39(63-35-21-15-16-22-50(35)8)37(30-17-11-9-12-18-30)49-43(56)31-19-13-10-14-20-31)24-48(58)42(61-28(3)52)40-46(7,33(54)23-34-47(40,25-59-34)64-29(4)53)41(55)38(60-27(2)51)36(26)45(48,5)6/h9-22,32-34,37-40,42,54,58H,23-25H2,1-8H3/p+1/t32-,33-,34+,37-,38+,39+,40-,42-,46+,47-,48+/m0/s1. The van der Waals surface area contributed by atoms with Crippen LogP contribution in [0.1, 0.15) is 83.3 Å². The summed E-state index contributed by atoms with van der Waals surface area (Å²) >= 11 is 0. The topological polar surface area (TPSA) is 214 Å². The number of aliphatic hydroxyl groups excluding tert-OH is 1. The lowest BCUT2D eigenvalue weighted by molar-refractivity contribution is -0.677. The maximum absolute atomic E-state index is 15.5. The second kappa shape index (κ2) is 17.2. The van der Waals surface area contributed by atoms with E-state index in [2.05, 4.69) is 5.32 Å². The molecule has 3 N–H and O–H groups in total. The number of ether oxygens (including phenoxy) is 6. The molecule has 2 heterocycles. The van der Waals surface area contributed by atoms with E-state index in [0.29, 0.717) is 11.1 Å². The Hall–Kier alpha value is -5.97. The molecule has 64 heavy (non-hydrogen) atoms. The fraction of sp³-hybridized carbons (Fsp3) is 0.479. The molecule has 11 atom stereocenters. The number of nitrogens with zero attached hydrogens (tertiary/aromatic N) is 1. The van der Waals surface area contributed by atoms with Crippen LogP contribution in [-0.4, -0.2) is 100 Å². The number of carbonyl (C=O) groups excluding carboxylic acids is 6. The van der Waals surface area contributed by atoms with E-state index in [0.717, 1.165) is 20.8 Å². The van der Waals surface area contributed by atoms with Gasteiger partial charge in [-0.25, -0.2) is 4.79 Å². The zero-order valence-electron chi connectivity index (χ0n) is 37.1. The van der Waals surface area contributed by atoms with Gasteiger partial charge in [-0.3, -0.25) is 24.0 Å². The number of hydrogen-bond donors (Lipinski definition) is 3. The van der Waals surface area contributed by atoms with E-state index < -0.39 is 113 Å². The van der Waals surface area contributed by atoms with Gasteiger partial charge < -0.3 is 44.0 Å². The summed E-state index contributed by atoms with van der Waals surface area (Å²) in [5, 5.41) is 28.6. The predicted octanol–water partition coefficient (Wildman–Crippen LogP) is 3.35. The number of carbonyl (C=O) groups is 6. The Morgan fingerprint density at radius 2 is 1.48 bits per heavy atom. The van der Waals surface area contributed by atoms with Crippen molar-refractivity contribution in [3.05, 3.63) is 107 Å². The number of fused-ring (bicyclic) bond motifs is 5. The van der Waals surface area contributed by atoms with Crippen molar-refractivity contribution in [2.45, 2.75) is 115 Å². The highest BCUT2D eigenvalue weighted by atomic mass is 16.6. The number of esters is 4. The average Bonchev–Trinajstić information content (AvgIpc) is 3.24. The molecule has 7 rings (SSSR count). The molecular formula is C48H55N2O14+. The van der Waals surface area contributed by atoms with Crippen molar-refractivity contribution in [2.24, 2.45) is 23.8 Å². The first kappa shape index (κ1) is 46.0. The van der Waals surface area contributed by atoms with Gasteiger partial charge in [0.15, 0.2) is 23.7 Å². The summed E-state index contributed by atoms with van der Waals surface area (Å²) in [6, 6.07) is 21.0. The van der Waals surface area contributed by atoms with Crippen LogP contribution >= 0.6 is 0 Å². The van der Waals surface area contributed by atoms with Crippen molar-refractivity contribution in [1.29, 1.82) is 0 Å². The highest BCUT2D eigenvalue weighted by Gasteiger charge is 2.78. The molecule has 2 saturated carbocycles. The largest absolute Gasteiger partial charge is 0.459 e. The van der Waals surface area contributed by atoms with Crippen LogP contribution < -0.4 is 14.6 Å². The van der Waals surface area contributed by atoms with E-state index in [-0.39, 0.29) is 30.1 Å². The van der Waals surface area contributed by atoms with Gasteiger partial charge in [0.1, 0.15) is 37.0 Å². The van der Waals surface area contributed by atoms with Crippen molar-refractivity contribution < 1.29 is 72.0 Å². The number of benzene rings is 2. The lowest BCUT2D eigenvalue weighted by Gasteiger charge is -2.67. The van der Waals surface area contributed by atoms with Gasteiger partial charge in [0.2, 0.25) is 6.10 Å². The minimum atomic E-state index is -2.32. The van der Waals surface area contributed by atoms with Crippen molar-refractivity contribution in [2.75, 3.05) is 6.61 Å². The molecule has 1 saturated heterocycles. The van der Waals surface area contributed by atoms with Crippen molar-refractivity contribution >= 4 is 35.6 Å². The van der Waals surface area contributed by atoms with Crippen molar-refractivity contribution in [1.82, 2.24) is 5.32 Å². The van der Waals surface area contributed by atoms with Gasteiger partial charge in [-0.2, -0.15) is 4.57 Å². The number of nitrogens with one attached hydrogen (secondary N) is 1. The number of rotatable bonds is 11. The maximum atomic E-state index is 15.5. The second-order valence-corrected chi connectivity index (χ2v) is 17.9. The maximum Gasteiger partial charge on any atom is 0.368 e. The van der Waals surface area contributed by atoms with Crippen LogP contribution in [0, 0.1) is 16.7 Å². The Labute approximate surface area is 370 Å². The smallest absolute Gasteiger partial charge is 0.368 e. The molecule has 3 fully saturated rings. The molecule has 3 aliphatic carbocycles. The molecule has 0 unspecified atom stereocenters. The third kappa shape index (κ3) is 7.74. The number of ketones is 1. The van der Waals surface area contributed by atoms with E-state index in [1.807, 2.05) is 0 Å². The predicted molar refractivity (Wildman–Crippen MR) is 224 cm³/mol. The van der Waals surface area contributed by atoms with E-state index in [4.69, 9.17) is 28.4 Å². The van der Waals surface area contributed by atoms with Crippen LogP contribution in [0.3, 0.4) is 0 Å². The lowest BCUT2D eigenvalue weighted by atomic mass is 9.44. The molecule has 16 nitrogen and oxygen atoms in total. The fourth-order valence-electron chi connectivity index (χ4n) is 10.5. The Morgan fingerprint density at radius 1 is 0.859 bits per heavy atom. The zero-order chi connectivity index (χ0) is 46.5. The van der Waals surface area contributed by atoms with Gasteiger partial charge in [0.05, 0.1) is 30.1 Å². The van der Waals surface area contributed by atoms with Crippen LogP contribution in [0.2, 0.25) is 0 Å².